The Hall–Kier alpha value is -2.45. The number of nitrogens with zero attached hydrogens (tertiary/aromatic N) is 4. The van der Waals surface area contributed by atoms with Crippen LogP contribution in [0.25, 0.3) is 11.3 Å². The number of thioether (sulfide) groups is 1. The van der Waals surface area contributed by atoms with E-state index in [1.54, 1.807) is 4.90 Å². The van der Waals surface area contributed by atoms with Crippen LogP contribution in [0, 0.1) is 0 Å². The van der Waals surface area contributed by atoms with Crippen LogP contribution in [0.1, 0.15) is 25.1 Å². The third-order valence-corrected chi connectivity index (χ3v) is 5.70. The second kappa shape index (κ2) is 7.89. The van der Waals surface area contributed by atoms with Gasteiger partial charge < -0.3 is 4.74 Å². The maximum Gasteiger partial charge on any atom is 0.247 e. The highest BCUT2D eigenvalue weighted by Crippen LogP contribution is 2.44. The summed E-state index contributed by atoms with van der Waals surface area (Å²) in [6.45, 7) is 1.84. The highest BCUT2D eigenvalue weighted by molar-refractivity contribution is 9.10. The Bertz CT molecular complexity index is 1050. The van der Waals surface area contributed by atoms with Gasteiger partial charge in [0, 0.05) is 22.0 Å². The number of benzene rings is 2. The van der Waals surface area contributed by atoms with Gasteiger partial charge in [-0.05, 0) is 18.4 Å². The molecule has 0 radical (unpaired) electrons. The molecule has 1 atom stereocenters. The number of halogens is 1. The molecule has 1 aromatic heterocycles. The molecule has 4 rings (SSSR count). The molecule has 0 N–H and O–H groups in total. The van der Waals surface area contributed by atoms with Gasteiger partial charge in [0.25, 0.3) is 0 Å². The minimum atomic E-state index is -0.683. The molecular weight excluding hydrogens is 440 g/mol. The fourth-order valence-electron chi connectivity index (χ4n) is 3.12. The smallest absolute Gasteiger partial charge is 0.247 e. The van der Waals surface area contributed by atoms with Crippen molar-refractivity contribution in [3.8, 4) is 17.1 Å². The Balaban J connectivity index is 2.00. The van der Waals surface area contributed by atoms with Crippen LogP contribution in [-0.2, 0) is 4.79 Å². The first-order valence-electron chi connectivity index (χ1n) is 8.75. The number of hydrogen-bond acceptors (Lipinski definition) is 6. The number of hydrogen-bond donors (Lipinski definition) is 0. The van der Waals surface area contributed by atoms with Crippen molar-refractivity contribution in [2.75, 3.05) is 11.2 Å². The quantitative estimate of drug-likeness (QED) is 0.524. The van der Waals surface area contributed by atoms with Gasteiger partial charge in [0.2, 0.25) is 23.2 Å². The van der Waals surface area contributed by atoms with Crippen molar-refractivity contribution in [2.45, 2.75) is 24.7 Å². The molecule has 0 saturated carbocycles. The minimum Gasteiger partial charge on any atom is -0.447 e. The first-order valence-corrected chi connectivity index (χ1v) is 10.8. The lowest BCUT2D eigenvalue weighted by molar-refractivity contribution is -0.120. The number of carbonyl (C=O) groups excluding carboxylic acids is 1. The Morgan fingerprint density at radius 1 is 1.18 bits per heavy atom. The molecule has 0 fully saturated rings. The van der Waals surface area contributed by atoms with Crippen molar-refractivity contribution >= 4 is 39.3 Å². The SMILES string of the molecule is CCC(=O)N1c2ccccc2-c2nnc(SC)nc2O[C@@H]1c1ccccc1Br. The largest absolute Gasteiger partial charge is 0.447 e. The highest BCUT2D eigenvalue weighted by atomic mass is 79.9. The lowest BCUT2D eigenvalue weighted by Gasteiger charge is -2.31. The molecule has 28 heavy (non-hydrogen) atoms. The number of ether oxygens (including phenoxy) is 1. The van der Waals surface area contributed by atoms with Crippen LogP contribution in [0.15, 0.2) is 58.2 Å². The van der Waals surface area contributed by atoms with Crippen molar-refractivity contribution in [2.24, 2.45) is 0 Å². The highest BCUT2D eigenvalue weighted by Gasteiger charge is 2.36. The molecule has 3 aromatic rings. The van der Waals surface area contributed by atoms with Crippen molar-refractivity contribution in [1.82, 2.24) is 15.2 Å². The molecule has 0 aliphatic carbocycles. The Morgan fingerprint density at radius 3 is 2.68 bits per heavy atom. The van der Waals surface area contributed by atoms with E-state index < -0.39 is 6.23 Å². The first kappa shape index (κ1) is 18.9. The van der Waals surface area contributed by atoms with Gasteiger partial charge in [0.1, 0.15) is 0 Å². The van der Waals surface area contributed by atoms with Gasteiger partial charge in [-0.1, -0.05) is 71.0 Å². The van der Waals surface area contributed by atoms with Crippen LogP contribution in [-0.4, -0.2) is 27.3 Å². The number of rotatable bonds is 3. The molecule has 1 amide bonds. The van der Waals surface area contributed by atoms with Crippen LogP contribution < -0.4 is 9.64 Å². The van der Waals surface area contributed by atoms with Gasteiger partial charge in [-0.25, -0.2) is 0 Å². The minimum absolute atomic E-state index is 0.0564. The topological polar surface area (TPSA) is 68.2 Å². The number of amides is 1. The van der Waals surface area contributed by atoms with Crippen molar-refractivity contribution in [3.05, 3.63) is 58.6 Å². The van der Waals surface area contributed by atoms with Gasteiger partial charge in [0.05, 0.1) is 5.69 Å². The molecule has 1 aliphatic rings. The van der Waals surface area contributed by atoms with Crippen molar-refractivity contribution in [1.29, 1.82) is 0 Å². The number of para-hydroxylation sites is 1. The van der Waals surface area contributed by atoms with Gasteiger partial charge in [-0.3, -0.25) is 9.69 Å². The maximum atomic E-state index is 13.0. The number of anilines is 1. The second-order valence-corrected chi connectivity index (χ2v) is 7.71. The van der Waals surface area contributed by atoms with E-state index in [4.69, 9.17) is 4.74 Å². The summed E-state index contributed by atoms with van der Waals surface area (Å²) in [5.41, 5.74) is 2.84. The van der Waals surface area contributed by atoms with Crippen LogP contribution >= 0.6 is 27.7 Å². The summed E-state index contributed by atoms with van der Waals surface area (Å²) >= 11 is 4.98. The van der Waals surface area contributed by atoms with E-state index in [9.17, 15) is 4.79 Å². The fourth-order valence-corrected chi connectivity index (χ4v) is 3.89. The average Bonchev–Trinajstić information content (AvgIpc) is 2.87. The summed E-state index contributed by atoms with van der Waals surface area (Å²) in [6.07, 6.45) is 1.54. The standard InChI is InChI=1S/C20H17BrN4O2S/c1-3-16(26)25-15-11-7-5-9-13(15)17-18(22-20(28-2)24-23-17)27-19(25)12-8-4-6-10-14(12)21/h4-11,19H,3H2,1-2H3/t19-/m1/s1. The zero-order chi connectivity index (χ0) is 19.7. The Labute approximate surface area is 175 Å². The molecule has 0 unspecified atom stereocenters. The summed E-state index contributed by atoms with van der Waals surface area (Å²) in [5.74, 6) is 0.304. The van der Waals surface area contributed by atoms with Gasteiger partial charge >= 0.3 is 0 Å². The maximum absolute atomic E-state index is 13.0. The summed E-state index contributed by atoms with van der Waals surface area (Å²) in [6, 6.07) is 15.3. The summed E-state index contributed by atoms with van der Waals surface area (Å²) < 4.78 is 7.18. The number of fused-ring (bicyclic) bond motifs is 3. The predicted octanol–water partition coefficient (Wildman–Crippen LogP) is 4.86. The molecule has 2 aromatic carbocycles. The number of aromatic nitrogens is 3. The number of carbonyl (C=O) groups is 1. The van der Waals surface area contributed by atoms with Gasteiger partial charge in [-0.2, -0.15) is 4.98 Å². The Morgan fingerprint density at radius 2 is 1.93 bits per heavy atom. The van der Waals surface area contributed by atoms with E-state index in [1.165, 1.54) is 11.8 Å². The molecule has 1 aliphatic heterocycles. The molecular formula is C20H17BrN4O2S. The van der Waals surface area contributed by atoms with E-state index in [1.807, 2.05) is 61.7 Å². The molecule has 8 heteroatoms. The third kappa shape index (κ3) is 3.27. The summed E-state index contributed by atoms with van der Waals surface area (Å²) in [5, 5.41) is 9.03. The lowest BCUT2D eigenvalue weighted by Crippen LogP contribution is -2.37. The van der Waals surface area contributed by atoms with E-state index in [0.717, 1.165) is 21.3 Å². The predicted molar refractivity (Wildman–Crippen MR) is 112 cm³/mol. The summed E-state index contributed by atoms with van der Waals surface area (Å²) in [4.78, 5) is 19.2. The molecule has 0 saturated heterocycles. The van der Waals surface area contributed by atoms with Gasteiger partial charge in [-0.15, -0.1) is 10.2 Å². The molecule has 0 bridgehead atoms. The normalized spacial score (nSPS) is 15.2. The van der Waals surface area contributed by atoms with E-state index in [-0.39, 0.29) is 5.91 Å². The Kier molecular flexibility index (Phi) is 5.32. The molecule has 0 spiro atoms. The van der Waals surface area contributed by atoms with Crippen molar-refractivity contribution in [3.63, 3.8) is 0 Å². The van der Waals surface area contributed by atoms with E-state index in [0.29, 0.717) is 23.2 Å². The zero-order valence-electron chi connectivity index (χ0n) is 15.3. The third-order valence-electron chi connectivity index (χ3n) is 4.44. The molecule has 142 valence electrons. The van der Waals surface area contributed by atoms with Gasteiger partial charge in [0.15, 0.2) is 5.69 Å². The molecule has 2 heterocycles. The summed E-state index contributed by atoms with van der Waals surface area (Å²) in [7, 11) is 0. The second-order valence-electron chi connectivity index (χ2n) is 6.08. The van der Waals surface area contributed by atoms with Crippen LogP contribution in [0.5, 0.6) is 5.88 Å². The van der Waals surface area contributed by atoms with Crippen LogP contribution in [0.3, 0.4) is 0 Å². The van der Waals surface area contributed by atoms with Crippen molar-refractivity contribution < 1.29 is 9.53 Å². The monoisotopic (exact) mass is 456 g/mol. The average molecular weight is 457 g/mol. The fraction of sp³-hybridized carbons (Fsp3) is 0.200. The van der Waals surface area contributed by atoms with Crippen LogP contribution in [0.2, 0.25) is 0 Å². The lowest BCUT2D eigenvalue weighted by atomic mass is 10.1. The molecule has 6 nitrogen and oxygen atoms in total. The first-order chi connectivity index (χ1) is 13.6. The van der Waals surface area contributed by atoms with E-state index in [2.05, 4.69) is 31.1 Å². The van der Waals surface area contributed by atoms with Crippen LogP contribution in [0.4, 0.5) is 5.69 Å². The zero-order valence-corrected chi connectivity index (χ0v) is 17.7. The van der Waals surface area contributed by atoms with E-state index >= 15 is 0 Å².